The molecule has 5 nitrogen and oxygen atoms in total. The van der Waals surface area contributed by atoms with Crippen LogP contribution in [0.5, 0.6) is 5.75 Å². The van der Waals surface area contributed by atoms with E-state index in [-0.39, 0.29) is 5.91 Å². The fraction of sp³-hybridized carbons (Fsp3) is 0.611. The van der Waals surface area contributed by atoms with Crippen molar-refractivity contribution in [2.75, 3.05) is 45.9 Å². The number of nitrogens with zero attached hydrogens (tertiary/aromatic N) is 2. The number of carbonyl (C=O) groups excluding carboxylic acids is 1. The summed E-state index contributed by atoms with van der Waals surface area (Å²) in [5.41, 5.74) is 6.26. The van der Waals surface area contributed by atoms with Crippen LogP contribution in [-0.4, -0.2) is 61.6 Å². The summed E-state index contributed by atoms with van der Waals surface area (Å²) in [5, 5.41) is 0. The van der Waals surface area contributed by atoms with Crippen LogP contribution in [0.4, 0.5) is 0 Å². The Morgan fingerprint density at radius 2 is 2.00 bits per heavy atom. The second kappa shape index (κ2) is 8.89. The molecule has 128 valence electrons. The molecule has 0 aliphatic carbocycles. The third kappa shape index (κ3) is 5.52. The Morgan fingerprint density at radius 1 is 1.26 bits per heavy atom. The number of ether oxygens (including phenoxy) is 1. The maximum atomic E-state index is 12.6. The summed E-state index contributed by atoms with van der Waals surface area (Å²) in [4.78, 5) is 16.9. The fourth-order valence-electron chi connectivity index (χ4n) is 2.65. The highest BCUT2D eigenvalue weighted by molar-refractivity contribution is 5.94. The zero-order valence-corrected chi connectivity index (χ0v) is 14.3. The highest BCUT2D eigenvalue weighted by atomic mass is 16.5. The Kier molecular flexibility index (Phi) is 6.86. The minimum Gasteiger partial charge on any atom is -0.493 e. The van der Waals surface area contributed by atoms with Gasteiger partial charge in [-0.2, -0.15) is 0 Å². The van der Waals surface area contributed by atoms with Gasteiger partial charge in [0.2, 0.25) is 0 Å². The lowest BCUT2D eigenvalue weighted by Gasteiger charge is -2.34. The Bertz CT molecular complexity index is 497. The van der Waals surface area contributed by atoms with Crippen molar-refractivity contribution in [2.24, 2.45) is 11.7 Å². The first-order chi connectivity index (χ1) is 11.1. The molecule has 0 atom stereocenters. The highest BCUT2D eigenvalue weighted by Gasteiger charge is 2.22. The second-order valence-corrected chi connectivity index (χ2v) is 6.51. The summed E-state index contributed by atoms with van der Waals surface area (Å²) in [5.74, 6) is 1.33. The molecule has 5 heteroatoms. The zero-order valence-electron chi connectivity index (χ0n) is 14.3. The van der Waals surface area contributed by atoms with Gasteiger partial charge in [-0.05, 0) is 43.6 Å². The largest absolute Gasteiger partial charge is 0.493 e. The zero-order chi connectivity index (χ0) is 16.7. The van der Waals surface area contributed by atoms with Crippen LogP contribution in [0.15, 0.2) is 24.3 Å². The van der Waals surface area contributed by atoms with Crippen molar-refractivity contribution in [2.45, 2.75) is 20.3 Å². The first-order valence-electron chi connectivity index (χ1n) is 8.54. The van der Waals surface area contributed by atoms with Crippen LogP contribution in [0.3, 0.4) is 0 Å². The van der Waals surface area contributed by atoms with Crippen LogP contribution in [0.1, 0.15) is 30.6 Å². The van der Waals surface area contributed by atoms with Crippen molar-refractivity contribution >= 4 is 5.91 Å². The number of nitrogens with two attached hydrogens (primary N) is 1. The number of hydrogen-bond donors (Lipinski definition) is 1. The van der Waals surface area contributed by atoms with Gasteiger partial charge in [0.05, 0.1) is 6.61 Å². The summed E-state index contributed by atoms with van der Waals surface area (Å²) in [6.07, 6.45) is 1.02. The van der Waals surface area contributed by atoms with Gasteiger partial charge in [0.1, 0.15) is 5.75 Å². The normalized spacial score (nSPS) is 15.9. The standard InChI is InChI=1S/C18H29N3O2/c1-15(2)14-23-17-6-3-5-16(13-17)18(22)21-11-9-20(10-12-21)8-4-7-19/h3,5-6,13,15H,4,7-12,14,19H2,1-2H3. The number of piperazine rings is 1. The van der Waals surface area contributed by atoms with Crippen molar-refractivity contribution in [1.82, 2.24) is 9.80 Å². The molecular weight excluding hydrogens is 290 g/mol. The third-order valence-electron chi connectivity index (χ3n) is 4.00. The van der Waals surface area contributed by atoms with E-state index in [4.69, 9.17) is 10.5 Å². The van der Waals surface area contributed by atoms with Gasteiger partial charge in [-0.15, -0.1) is 0 Å². The third-order valence-corrected chi connectivity index (χ3v) is 4.00. The van der Waals surface area contributed by atoms with Gasteiger partial charge in [-0.1, -0.05) is 19.9 Å². The molecule has 0 radical (unpaired) electrons. The molecule has 1 fully saturated rings. The molecule has 2 rings (SSSR count). The van der Waals surface area contributed by atoms with E-state index >= 15 is 0 Å². The molecule has 1 saturated heterocycles. The van der Waals surface area contributed by atoms with Gasteiger partial charge in [-0.25, -0.2) is 0 Å². The van der Waals surface area contributed by atoms with Crippen LogP contribution >= 0.6 is 0 Å². The van der Waals surface area contributed by atoms with Crippen molar-refractivity contribution in [3.63, 3.8) is 0 Å². The van der Waals surface area contributed by atoms with Crippen LogP contribution in [0, 0.1) is 5.92 Å². The van der Waals surface area contributed by atoms with Crippen molar-refractivity contribution in [3.05, 3.63) is 29.8 Å². The molecule has 0 aromatic heterocycles. The number of rotatable bonds is 7. The fourth-order valence-corrected chi connectivity index (χ4v) is 2.65. The Balaban J connectivity index is 1.89. The lowest BCUT2D eigenvalue weighted by atomic mass is 10.1. The molecule has 0 spiro atoms. The number of hydrogen-bond acceptors (Lipinski definition) is 4. The molecule has 2 N–H and O–H groups in total. The number of benzene rings is 1. The molecule has 0 saturated carbocycles. The Hall–Kier alpha value is -1.59. The lowest BCUT2D eigenvalue weighted by molar-refractivity contribution is 0.0636. The minimum absolute atomic E-state index is 0.0958. The summed E-state index contributed by atoms with van der Waals surface area (Å²) in [6, 6.07) is 7.52. The van der Waals surface area contributed by atoms with Crippen molar-refractivity contribution < 1.29 is 9.53 Å². The minimum atomic E-state index is 0.0958. The highest BCUT2D eigenvalue weighted by Crippen LogP contribution is 2.17. The van der Waals surface area contributed by atoms with E-state index in [0.29, 0.717) is 18.1 Å². The van der Waals surface area contributed by atoms with Crippen molar-refractivity contribution in [3.8, 4) is 5.75 Å². The first-order valence-corrected chi connectivity index (χ1v) is 8.54. The van der Waals surface area contributed by atoms with Crippen LogP contribution < -0.4 is 10.5 Å². The van der Waals surface area contributed by atoms with E-state index < -0.39 is 0 Å². The molecule has 0 unspecified atom stereocenters. The van der Waals surface area contributed by atoms with E-state index in [0.717, 1.165) is 51.4 Å². The van der Waals surface area contributed by atoms with E-state index in [9.17, 15) is 4.79 Å². The maximum Gasteiger partial charge on any atom is 0.254 e. The maximum absolute atomic E-state index is 12.6. The van der Waals surface area contributed by atoms with Gasteiger partial charge in [0.15, 0.2) is 0 Å². The predicted octanol–water partition coefficient (Wildman–Crippen LogP) is 1.83. The Labute approximate surface area is 139 Å². The van der Waals surface area contributed by atoms with Gasteiger partial charge >= 0.3 is 0 Å². The SMILES string of the molecule is CC(C)COc1cccc(C(=O)N2CCN(CCCN)CC2)c1. The average molecular weight is 319 g/mol. The topological polar surface area (TPSA) is 58.8 Å². The van der Waals surface area contributed by atoms with E-state index in [1.165, 1.54) is 0 Å². The van der Waals surface area contributed by atoms with Gasteiger partial charge < -0.3 is 15.4 Å². The van der Waals surface area contributed by atoms with Crippen LogP contribution in [-0.2, 0) is 0 Å². The second-order valence-electron chi connectivity index (χ2n) is 6.51. The summed E-state index contributed by atoms with van der Waals surface area (Å²) in [7, 11) is 0. The molecule has 1 aliphatic heterocycles. The number of amides is 1. The average Bonchev–Trinajstić information content (AvgIpc) is 2.58. The monoisotopic (exact) mass is 319 g/mol. The summed E-state index contributed by atoms with van der Waals surface area (Å²) >= 11 is 0. The van der Waals surface area contributed by atoms with Crippen LogP contribution in [0.2, 0.25) is 0 Å². The smallest absolute Gasteiger partial charge is 0.254 e. The number of carbonyl (C=O) groups is 1. The van der Waals surface area contributed by atoms with E-state index in [1.807, 2.05) is 29.2 Å². The summed E-state index contributed by atoms with van der Waals surface area (Å²) in [6.45, 7) is 10.0. The van der Waals surface area contributed by atoms with Crippen LogP contribution in [0.25, 0.3) is 0 Å². The van der Waals surface area contributed by atoms with Crippen molar-refractivity contribution in [1.29, 1.82) is 0 Å². The predicted molar refractivity (Wildman–Crippen MR) is 92.8 cm³/mol. The quantitative estimate of drug-likeness (QED) is 0.833. The molecule has 1 aromatic rings. The molecule has 23 heavy (non-hydrogen) atoms. The molecular formula is C18H29N3O2. The Morgan fingerprint density at radius 3 is 2.65 bits per heavy atom. The van der Waals surface area contributed by atoms with Gasteiger partial charge in [0, 0.05) is 31.7 Å². The molecule has 1 heterocycles. The molecule has 1 aliphatic rings. The van der Waals surface area contributed by atoms with E-state index in [1.54, 1.807) is 0 Å². The molecule has 1 amide bonds. The van der Waals surface area contributed by atoms with Gasteiger partial charge in [-0.3, -0.25) is 9.69 Å². The molecule has 0 bridgehead atoms. The molecule has 1 aromatic carbocycles. The van der Waals surface area contributed by atoms with Gasteiger partial charge in [0.25, 0.3) is 5.91 Å². The van der Waals surface area contributed by atoms with E-state index in [2.05, 4.69) is 18.7 Å². The first kappa shape index (κ1) is 17.8. The summed E-state index contributed by atoms with van der Waals surface area (Å²) < 4.78 is 5.72. The lowest BCUT2D eigenvalue weighted by Crippen LogP contribution is -2.49.